The number of sulfone groups is 1. The van der Waals surface area contributed by atoms with E-state index in [1.165, 1.54) is 12.1 Å². The molecule has 2 unspecified atom stereocenters. The lowest BCUT2D eigenvalue weighted by molar-refractivity contribution is -0.156. The third-order valence-corrected chi connectivity index (χ3v) is 7.89. The summed E-state index contributed by atoms with van der Waals surface area (Å²) in [6, 6.07) is 14.6. The maximum atomic E-state index is 13.4. The highest BCUT2D eigenvalue weighted by Crippen LogP contribution is 2.40. The summed E-state index contributed by atoms with van der Waals surface area (Å²) in [7, 11) is -4.31. The Balaban J connectivity index is 2.11. The molecule has 2 aromatic carbocycles. The van der Waals surface area contributed by atoms with E-state index in [4.69, 9.17) is 16.1 Å². The maximum absolute atomic E-state index is 13.4. The molecule has 0 aliphatic rings. The molecule has 0 saturated heterocycles. The van der Waals surface area contributed by atoms with E-state index in [1.807, 2.05) is 0 Å². The number of thioether (sulfide) groups is 1. The number of rotatable bonds is 8. The van der Waals surface area contributed by atoms with Gasteiger partial charge in [-0.05, 0) is 30.9 Å². The van der Waals surface area contributed by atoms with E-state index in [1.54, 1.807) is 55.6 Å². The molecule has 1 aromatic heterocycles. The van der Waals surface area contributed by atoms with Crippen molar-refractivity contribution in [3.8, 4) is 11.1 Å². The molecular weight excluding hydrogens is 462 g/mol. The molecule has 0 aliphatic carbocycles. The van der Waals surface area contributed by atoms with Crippen molar-refractivity contribution < 1.29 is 27.9 Å². The van der Waals surface area contributed by atoms with E-state index in [0.717, 1.165) is 11.8 Å². The molecule has 0 bridgehead atoms. The van der Waals surface area contributed by atoms with Crippen LogP contribution in [0.1, 0.15) is 16.7 Å². The Kier molecular flexibility index (Phi) is 6.80. The number of carboxylic acid groups (broad SMARTS) is 1. The fourth-order valence-corrected chi connectivity index (χ4v) is 6.42. The number of halogens is 1. The number of aliphatic hydroxyl groups is 1. The highest BCUT2D eigenvalue weighted by molar-refractivity contribution is 7.99. The molecule has 0 radical (unpaired) electrons. The highest BCUT2D eigenvalue weighted by Gasteiger charge is 2.50. The lowest BCUT2D eigenvalue weighted by Gasteiger charge is -2.30. The van der Waals surface area contributed by atoms with Gasteiger partial charge in [-0.3, -0.25) is 0 Å². The summed E-state index contributed by atoms with van der Waals surface area (Å²) in [4.78, 5) is 12.0. The van der Waals surface area contributed by atoms with Crippen LogP contribution >= 0.6 is 23.4 Å². The second kappa shape index (κ2) is 9.04. The van der Waals surface area contributed by atoms with Crippen LogP contribution in [0, 0.1) is 6.92 Å². The van der Waals surface area contributed by atoms with Gasteiger partial charge >= 0.3 is 5.97 Å². The van der Waals surface area contributed by atoms with Crippen molar-refractivity contribution >= 4 is 39.2 Å². The van der Waals surface area contributed by atoms with Gasteiger partial charge in [0.1, 0.15) is 11.5 Å². The van der Waals surface area contributed by atoms with Crippen LogP contribution in [0.2, 0.25) is 5.02 Å². The SMILES string of the molecule is CSC(c1cc(C)on1)C(O)(CS(=O)(=O)c1cc(Cl)ccc1-c1ccccc1)C(=O)O. The van der Waals surface area contributed by atoms with Gasteiger partial charge in [0.05, 0.1) is 15.9 Å². The molecular formula is C21H20ClNO6S2. The van der Waals surface area contributed by atoms with Crippen LogP contribution in [0.4, 0.5) is 0 Å². The van der Waals surface area contributed by atoms with Crippen LogP contribution in [0.5, 0.6) is 0 Å². The lowest BCUT2D eigenvalue weighted by atomic mass is 9.99. The van der Waals surface area contributed by atoms with Gasteiger partial charge in [0.25, 0.3) is 0 Å². The first kappa shape index (κ1) is 23.3. The lowest BCUT2D eigenvalue weighted by Crippen LogP contribution is -2.49. The van der Waals surface area contributed by atoms with Gasteiger partial charge in [0.15, 0.2) is 15.4 Å². The van der Waals surface area contributed by atoms with Gasteiger partial charge in [-0.25, -0.2) is 13.2 Å². The number of benzene rings is 2. The summed E-state index contributed by atoms with van der Waals surface area (Å²) in [6.07, 6.45) is 1.56. The van der Waals surface area contributed by atoms with Crippen LogP contribution in [-0.2, 0) is 14.6 Å². The normalized spacial score (nSPS) is 14.7. The number of aryl methyl sites for hydroxylation is 1. The molecule has 2 atom stereocenters. The number of carboxylic acids is 1. The Morgan fingerprint density at radius 2 is 1.90 bits per heavy atom. The van der Waals surface area contributed by atoms with Crippen molar-refractivity contribution in [3.63, 3.8) is 0 Å². The molecule has 0 amide bonds. The largest absolute Gasteiger partial charge is 0.479 e. The number of nitrogens with zero attached hydrogens (tertiary/aromatic N) is 1. The Hall–Kier alpha value is -2.33. The molecule has 7 nitrogen and oxygen atoms in total. The van der Waals surface area contributed by atoms with E-state index < -0.39 is 32.4 Å². The van der Waals surface area contributed by atoms with Gasteiger partial charge in [-0.15, -0.1) is 0 Å². The zero-order valence-electron chi connectivity index (χ0n) is 16.6. The first-order valence-corrected chi connectivity index (χ1v) is 12.4. The third kappa shape index (κ3) is 4.79. The number of aliphatic carboxylic acids is 1. The molecule has 3 rings (SSSR count). The topological polar surface area (TPSA) is 118 Å². The molecule has 0 saturated carbocycles. The van der Waals surface area contributed by atoms with E-state index in [0.29, 0.717) is 16.9 Å². The summed E-state index contributed by atoms with van der Waals surface area (Å²) in [5.41, 5.74) is -1.56. The van der Waals surface area contributed by atoms with Crippen LogP contribution in [0.15, 0.2) is 64.0 Å². The van der Waals surface area contributed by atoms with Gasteiger partial charge in [-0.1, -0.05) is 53.2 Å². The first-order chi connectivity index (χ1) is 14.6. The average Bonchev–Trinajstić information content (AvgIpc) is 3.14. The zero-order chi connectivity index (χ0) is 22.8. The second-order valence-electron chi connectivity index (χ2n) is 6.97. The number of hydrogen-bond acceptors (Lipinski definition) is 7. The molecule has 2 N–H and O–H groups in total. The van der Waals surface area contributed by atoms with Crippen molar-refractivity contribution in [1.29, 1.82) is 0 Å². The van der Waals surface area contributed by atoms with Crippen LogP contribution in [0.3, 0.4) is 0 Å². The van der Waals surface area contributed by atoms with E-state index in [-0.39, 0.29) is 15.6 Å². The summed E-state index contributed by atoms with van der Waals surface area (Å²) in [5.74, 6) is -2.35. The Morgan fingerprint density at radius 1 is 1.23 bits per heavy atom. The molecule has 31 heavy (non-hydrogen) atoms. The monoisotopic (exact) mass is 481 g/mol. The fourth-order valence-electron chi connectivity index (χ4n) is 3.30. The Morgan fingerprint density at radius 3 is 2.45 bits per heavy atom. The predicted octanol–water partition coefficient (Wildman–Crippen LogP) is 4.00. The molecule has 0 aliphatic heterocycles. The molecule has 0 spiro atoms. The van der Waals surface area contributed by atoms with E-state index in [9.17, 15) is 23.4 Å². The fraction of sp³-hybridized carbons (Fsp3) is 0.238. The van der Waals surface area contributed by atoms with E-state index in [2.05, 4.69) is 5.16 Å². The van der Waals surface area contributed by atoms with Crippen molar-refractivity contribution in [2.45, 2.75) is 22.7 Å². The minimum Gasteiger partial charge on any atom is -0.479 e. The summed E-state index contributed by atoms with van der Waals surface area (Å²) < 4.78 is 31.8. The standard InChI is InChI=1S/C21H20ClNO6S2/c1-13-10-17(23-29-13)19(30-2)21(26,20(24)25)12-31(27,28)18-11-15(22)8-9-16(18)14-6-4-3-5-7-14/h3-11,19,26H,12H2,1-2H3,(H,24,25). The minimum atomic E-state index is -4.31. The number of carbonyl (C=O) groups is 1. The number of hydrogen-bond donors (Lipinski definition) is 2. The van der Waals surface area contributed by atoms with Crippen molar-refractivity contribution in [2.24, 2.45) is 0 Å². The van der Waals surface area contributed by atoms with Gasteiger partial charge in [0, 0.05) is 16.7 Å². The number of aromatic nitrogens is 1. The smallest absolute Gasteiger partial charge is 0.338 e. The third-order valence-electron chi connectivity index (χ3n) is 4.73. The van der Waals surface area contributed by atoms with Gasteiger partial charge in [0.2, 0.25) is 0 Å². The quantitative estimate of drug-likeness (QED) is 0.495. The maximum Gasteiger partial charge on any atom is 0.338 e. The van der Waals surface area contributed by atoms with Crippen LogP contribution in [-0.4, -0.2) is 47.4 Å². The van der Waals surface area contributed by atoms with Crippen LogP contribution < -0.4 is 0 Å². The van der Waals surface area contributed by atoms with Crippen molar-refractivity contribution in [2.75, 3.05) is 12.0 Å². The van der Waals surface area contributed by atoms with Crippen molar-refractivity contribution in [1.82, 2.24) is 5.16 Å². The zero-order valence-corrected chi connectivity index (χ0v) is 19.0. The molecule has 1 heterocycles. The van der Waals surface area contributed by atoms with Crippen LogP contribution in [0.25, 0.3) is 11.1 Å². The molecule has 0 fully saturated rings. The summed E-state index contributed by atoms with van der Waals surface area (Å²) >= 11 is 7.03. The Labute approximate surface area is 189 Å². The summed E-state index contributed by atoms with van der Waals surface area (Å²) in [5, 5.41) is 23.7. The molecule has 10 heteroatoms. The highest BCUT2D eigenvalue weighted by atomic mass is 35.5. The van der Waals surface area contributed by atoms with Gasteiger partial charge < -0.3 is 14.7 Å². The minimum absolute atomic E-state index is 0.138. The predicted molar refractivity (Wildman–Crippen MR) is 119 cm³/mol. The van der Waals surface area contributed by atoms with Crippen molar-refractivity contribution in [3.05, 3.63) is 71.1 Å². The molecule has 3 aromatic rings. The van der Waals surface area contributed by atoms with E-state index >= 15 is 0 Å². The molecule has 164 valence electrons. The summed E-state index contributed by atoms with van der Waals surface area (Å²) in [6.45, 7) is 1.61. The van der Waals surface area contributed by atoms with Gasteiger partial charge in [-0.2, -0.15) is 11.8 Å². The first-order valence-electron chi connectivity index (χ1n) is 9.08. The second-order valence-corrected chi connectivity index (χ2v) is 10.3. The average molecular weight is 482 g/mol. The Bertz CT molecular complexity index is 1200.